The van der Waals surface area contributed by atoms with Crippen molar-refractivity contribution < 1.29 is 0 Å². The maximum Gasteiger partial charge on any atom is 0.0754 e. The summed E-state index contributed by atoms with van der Waals surface area (Å²) in [6.07, 6.45) is 0. The van der Waals surface area contributed by atoms with E-state index in [4.69, 9.17) is 0 Å². The zero-order valence-corrected chi connectivity index (χ0v) is 49.9. The first kappa shape index (κ1) is 49.1. The molecule has 0 fully saturated rings. The Kier molecular flexibility index (Phi) is 9.35. The third-order valence-corrected chi connectivity index (χ3v) is 22.0. The van der Waals surface area contributed by atoms with Gasteiger partial charge in [0, 0.05) is 21.5 Å². The molecule has 2 spiro atoms. The molecule has 0 N–H and O–H groups in total. The van der Waals surface area contributed by atoms with E-state index >= 15 is 0 Å². The standard InChI is InChI=1S/C90H52N2/c1-2-22-54-50-57-51-56(48-47-55(57)49-53(54)21-1)84-64-29-15-27-58(62-31-17-39-76-85(62)68-25-3-7-35-72(68)89(76)74-37-9-13-45-82(74)91-80-43-11-5-23-60(80)66-33-19-41-78(89)87(66)91)70(64)52-71-59(28-16-30-65(71)84)63-32-18-40-77-86(63)69-26-4-8-36-73(69)90(77)75-38-10-14-46-83(75)92-81-44-12-6-24-61(81)67-34-20-42-79(90)88(67)92/h1-52H. The summed E-state index contributed by atoms with van der Waals surface area (Å²) in [5, 5.41) is 15.0. The Bertz CT molecular complexity index is 6080. The summed E-state index contributed by atoms with van der Waals surface area (Å²) in [5.41, 5.74) is 29.4. The van der Waals surface area contributed by atoms with Gasteiger partial charge in [-0.2, -0.15) is 0 Å². The average molecular weight is 1160 g/mol. The molecule has 0 saturated carbocycles. The van der Waals surface area contributed by atoms with Gasteiger partial charge in [0.25, 0.3) is 0 Å². The minimum absolute atomic E-state index is 0.588. The lowest BCUT2D eigenvalue weighted by Gasteiger charge is -2.39. The number of para-hydroxylation sites is 6. The van der Waals surface area contributed by atoms with Gasteiger partial charge in [0.05, 0.1) is 44.3 Å². The molecule has 2 unspecified atom stereocenters. The maximum atomic E-state index is 2.57. The van der Waals surface area contributed by atoms with Crippen LogP contribution in [0.5, 0.6) is 0 Å². The van der Waals surface area contributed by atoms with Crippen LogP contribution < -0.4 is 0 Å². The average Bonchev–Trinajstić information content (AvgIpc) is 1.48. The molecular formula is C90H52N2. The molecule has 2 heteroatoms. The number of fused-ring (bicyclic) bond motifs is 28. The molecule has 2 aromatic heterocycles. The molecular weight excluding hydrogens is 1110 g/mol. The van der Waals surface area contributed by atoms with Crippen LogP contribution in [0.3, 0.4) is 0 Å². The van der Waals surface area contributed by atoms with Gasteiger partial charge in [-0.05, 0) is 192 Å². The number of hydrogen-bond donors (Lipinski definition) is 0. The third kappa shape index (κ3) is 5.84. The lowest BCUT2D eigenvalue weighted by atomic mass is 9.65. The van der Waals surface area contributed by atoms with E-state index in [2.05, 4.69) is 325 Å². The van der Waals surface area contributed by atoms with Crippen molar-refractivity contribution in [3.05, 3.63) is 360 Å². The number of rotatable bonds is 3. The molecule has 4 aliphatic rings. The van der Waals surface area contributed by atoms with Crippen molar-refractivity contribution in [2.75, 3.05) is 0 Å². The van der Waals surface area contributed by atoms with Crippen molar-refractivity contribution in [1.82, 2.24) is 9.13 Å². The Labute approximate surface area is 530 Å². The number of benzene rings is 16. The SMILES string of the molecule is c1ccc2c(c1)-c1c(-c3cccc4c(-c5ccc6cc7ccccc7cc6c5)c5cccc(-c6cccc7c6-c6ccccc6C76c7ccccc7-n7c8ccccc8c8cccc6c87)c5cc34)cccc1C21c2ccccc2-n2c3ccccc3c3cccc1c32. The van der Waals surface area contributed by atoms with E-state index in [1.54, 1.807) is 0 Å². The highest BCUT2D eigenvalue weighted by Crippen LogP contribution is 2.65. The summed E-state index contributed by atoms with van der Waals surface area (Å²) in [4.78, 5) is 0. The highest BCUT2D eigenvalue weighted by Gasteiger charge is 2.53. The van der Waals surface area contributed by atoms with E-state index in [-0.39, 0.29) is 0 Å². The zero-order chi connectivity index (χ0) is 59.7. The molecule has 422 valence electrons. The summed E-state index contributed by atoms with van der Waals surface area (Å²) in [5.74, 6) is 0. The first-order chi connectivity index (χ1) is 45.7. The van der Waals surface area contributed by atoms with Crippen LogP contribution >= 0.6 is 0 Å². The molecule has 0 bridgehead atoms. The molecule has 22 rings (SSSR count). The highest BCUT2D eigenvalue weighted by molar-refractivity contribution is 6.22. The Balaban J connectivity index is 0.842. The monoisotopic (exact) mass is 1160 g/mol. The van der Waals surface area contributed by atoms with E-state index in [0.29, 0.717) is 0 Å². The van der Waals surface area contributed by atoms with Gasteiger partial charge in [0.1, 0.15) is 0 Å². The minimum atomic E-state index is -0.588. The van der Waals surface area contributed by atoms with Crippen molar-refractivity contribution in [3.63, 3.8) is 0 Å². The Hall–Kier alpha value is -11.8. The van der Waals surface area contributed by atoms with Gasteiger partial charge >= 0.3 is 0 Å². The van der Waals surface area contributed by atoms with Crippen LogP contribution in [-0.2, 0) is 10.8 Å². The molecule has 92 heavy (non-hydrogen) atoms. The quantitative estimate of drug-likeness (QED) is 0.156. The Morgan fingerprint density at radius 3 is 1.11 bits per heavy atom. The molecule has 16 aromatic carbocycles. The van der Waals surface area contributed by atoms with Crippen molar-refractivity contribution in [3.8, 4) is 67.0 Å². The van der Waals surface area contributed by atoms with Crippen molar-refractivity contribution >= 4 is 86.7 Å². The molecule has 2 atom stereocenters. The van der Waals surface area contributed by atoms with Crippen molar-refractivity contribution in [1.29, 1.82) is 0 Å². The largest absolute Gasteiger partial charge is 0.309 e. The molecule has 2 nitrogen and oxygen atoms in total. The Morgan fingerprint density at radius 1 is 0.196 bits per heavy atom. The molecule has 2 aliphatic heterocycles. The second-order valence-electron chi connectivity index (χ2n) is 26.0. The van der Waals surface area contributed by atoms with Crippen LogP contribution in [0, 0.1) is 0 Å². The fraction of sp³-hybridized carbons (Fsp3) is 0.0222. The van der Waals surface area contributed by atoms with E-state index in [1.165, 1.54) is 198 Å². The van der Waals surface area contributed by atoms with Crippen LogP contribution in [-0.4, -0.2) is 9.13 Å². The predicted molar refractivity (Wildman–Crippen MR) is 383 cm³/mol. The third-order valence-electron chi connectivity index (χ3n) is 22.0. The second-order valence-corrected chi connectivity index (χ2v) is 26.0. The highest BCUT2D eigenvalue weighted by atomic mass is 15.0. The van der Waals surface area contributed by atoms with Gasteiger partial charge < -0.3 is 9.13 Å². The summed E-state index contributed by atoms with van der Waals surface area (Å²) in [6, 6.07) is 121. The van der Waals surface area contributed by atoms with Gasteiger partial charge in [-0.25, -0.2) is 0 Å². The Morgan fingerprint density at radius 2 is 0.565 bits per heavy atom. The van der Waals surface area contributed by atoms with Crippen LogP contribution in [0.4, 0.5) is 0 Å². The van der Waals surface area contributed by atoms with Gasteiger partial charge in [-0.3, -0.25) is 0 Å². The molecule has 2 aliphatic carbocycles. The van der Waals surface area contributed by atoms with Crippen LogP contribution in [0.2, 0.25) is 0 Å². The predicted octanol–water partition coefficient (Wildman–Crippen LogP) is 22.8. The lowest BCUT2D eigenvalue weighted by Crippen LogP contribution is -2.33. The van der Waals surface area contributed by atoms with E-state index in [9.17, 15) is 0 Å². The number of hydrogen-bond acceptors (Lipinski definition) is 0. The van der Waals surface area contributed by atoms with Crippen LogP contribution in [0.1, 0.15) is 44.5 Å². The first-order valence-electron chi connectivity index (χ1n) is 32.3. The summed E-state index contributed by atoms with van der Waals surface area (Å²) in [7, 11) is 0. The molecule has 0 radical (unpaired) electrons. The smallest absolute Gasteiger partial charge is 0.0754 e. The molecule has 0 amide bonds. The molecule has 18 aromatic rings. The number of nitrogens with zero attached hydrogens (tertiary/aromatic N) is 2. The lowest BCUT2D eigenvalue weighted by molar-refractivity contribution is 0.748. The van der Waals surface area contributed by atoms with Gasteiger partial charge in [-0.15, -0.1) is 0 Å². The fourth-order valence-corrected chi connectivity index (χ4v) is 18.7. The van der Waals surface area contributed by atoms with Crippen molar-refractivity contribution in [2.45, 2.75) is 10.8 Å². The zero-order valence-electron chi connectivity index (χ0n) is 49.9. The second kappa shape index (κ2) is 17.5. The fourth-order valence-electron chi connectivity index (χ4n) is 18.7. The summed E-state index contributed by atoms with van der Waals surface area (Å²) >= 11 is 0. The summed E-state index contributed by atoms with van der Waals surface area (Å²) in [6.45, 7) is 0. The van der Waals surface area contributed by atoms with Gasteiger partial charge in [0.2, 0.25) is 0 Å². The van der Waals surface area contributed by atoms with E-state index in [1.807, 2.05) is 0 Å². The van der Waals surface area contributed by atoms with E-state index in [0.717, 1.165) is 0 Å². The van der Waals surface area contributed by atoms with Crippen LogP contribution in [0.15, 0.2) is 315 Å². The van der Waals surface area contributed by atoms with Crippen molar-refractivity contribution in [2.24, 2.45) is 0 Å². The minimum Gasteiger partial charge on any atom is -0.309 e. The van der Waals surface area contributed by atoms with Crippen LogP contribution in [0.25, 0.3) is 154 Å². The summed E-state index contributed by atoms with van der Waals surface area (Å²) < 4.78 is 5.09. The maximum absolute atomic E-state index is 2.57. The van der Waals surface area contributed by atoms with Gasteiger partial charge in [0.15, 0.2) is 0 Å². The molecule has 4 heterocycles. The normalized spacial score (nSPS) is 16.1. The number of aromatic nitrogens is 2. The first-order valence-corrected chi connectivity index (χ1v) is 32.3. The molecule has 0 saturated heterocycles. The topological polar surface area (TPSA) is 9.86 Å². The van der Waals surface area contributed by atoms with Gasteiger partial charge in [-0.1, -0.05) is 267 Å². The van der Waals surface area contributed by atoms with E-state index < -0.39 is 10.8 Å².